The third-order valence-corrected chi connectivity index (χ3v) is 5.19. The van der Waals surface area contributed by atoms with Crippen molar-refractivity contribution in [2.24, 2.45) is 5.41 Å². The minimum absolute atomic E-state index is 0.0485. The molecule has 0 aliphatic heterocycles. The third-order valence-electron chi connectivity index (χ3n) is 5.19. The molecule has 6 heteroatoms. The highest BCUT2D eigenvalue weighted by atomic mass is 16.2. The Balaban J connectivity index is 1.70. The molecule has 0 radical (unpaired) electrons. The quantitative estimate of drug-likeness (QED) is 0.861. The summed E-state index contributed by atoms with van der Waals surface area (Å²) in [5, 5.41) is 22.9. The van der Waals surface area contributed by atoms with Gasteiger partial charge in [-0.25, -0.2) is 0 Å². The van der Waals surface area contributed by atoms with Crippen LogP contribution in [0.3, 0.4) is 0 Å². The van der Waals surface area contributed by atoms with Crippen LogP contribution >= 0.6 is 0 Å². The number of hydrogen-bond acceptors (Lipinski definition) is 5. The molecule has 1 saturated carbocycles. The van der Waals surface area contributed by atoms with Crippen molar-refractivity contribution < 1.29 is 4.79 Å². The fourth-order valence-corrected chi connectivity index (χ4v) is 3.36. The van der Waals surface area contributed by atoms with Crippen LogP contribution in [-0.4, -0.2) is 22.6 Å². The molecule has 1 heterocycles. The predicted octanol–water partition coefficient (Wildman–Crippen LogP) is 3.58. The van der Waals surface area contributed by atoms with Gasteiger partial charge in [-0.15, -0.1) is 10.2 Å². The molecule has 0 atom stereocenters. The normalized spacial score (nSPS) is 15.3. The summed E-state index contributed by atoms with van der Waals surface area (Å²) in [5.41, 5.74) is 3.03. The summed E-state index contributed by atoms with van der Waals surface area (Å²) in [4.78, 5) is 13.0. The molecule has 3 rings (SSSR count). The number of nitrogens with one attached hydrogen (secondary N) is 2. The Morgan fingerprint density at radius 3 is 2.54 bits per heavy atom. The lowest BCUT2D eigenvalue weighted by Gasteiger charge is -2.28. The highest BCUT2D eigenvalue weighted by molar-refractivity contribution is 5.96. The smallest absolute Gasteiger partial charge is 0.232 e. The second-order valence-corrected chi connectivity index (χ2v) is 7.01. The molecule has 0 spiro atoms. The van der Waals surface area contributed by atoms with Crippen LogP contribution in [0.5, 0.6) is 0 Å². The van der Waals surface area contributed by atoms with Crippen molar-refractivity contribution in [3.8, 4) is 6.07 Å². The van der Waals surface area contributed by atoms with Gasteiger partial charge in [0.05, 0.1) is 5.41 Å². The number of aromatic nitrogens is 2. The van der Waals surface area contributed by atoms with E-state index in [1.165, 1.54) is 5.56 Å². The number of aryl methyl sites for hydroxylation is 2. The number of nitrogens with zero attached hydrogens (tertiary/aromatic N) is 3. The Morgan fingerprint density at radius 1 is 1.15 bits per heavy atom. The summed E-state index contributed by atoms with van der Waals surface area (Å²) in [6, 6.07) is 11.3. The van der Waals surface area contributed by atoms with Crippen LogP contribution in [0.2, 0.25) is 0 Å². The molecular formula is C20H23N5O. The number of amides is 1. The standard InChI is InChI=1S/C20H23N5O/c1-14-5-6-16(11-15(14)2)23-19(26)20(9-3-4-10-20)13-22-18-8-7-17(12-21)24-25-18/h5-8,11H,3-4,9-10,13H2,1-2H3,(H,22,25)(H,23,26). The van der Waals surface area contributed by atoms with Crippen LogP contribution < -0.4 is 10.6 Å². The molecule has 1 fully saturated rings. The first-order chi connectivity index (χ1) is 12.5. The molecule has 0 saturated heterocycles. The van der Waals surface area contributed by atoms with E-state index in [9.17, 15) is 4.79 Å². The Kier molecular flexibility index (Phi) is 5.17. The van der Waals surface area contributed by atoms with Gasteiger partial charge in [0.25, 0.3) is 0 Å². The van der Waals surface area contributed by atoms with E-state index in [1.54, 1.807) is 12.1 Å². The Hall–Kier alpha value is -2.94. The van der Waals surface area contributed by atoms with Crippen LogP contribution in [0.4, 0.5) is 11.5 Å². The van der Waals surface area contributed by atoms with E-state index in [0.29, 0.717) is 12.4 Å². The lowest BCUT2D eigenvalue weighted by Crippen LogP contribution is -2.39. The molecule has 0 bridgehead atoms. The Morgan fingerprint density at radius 2 is 1.92 bits per heavy atom. The predicted molar refractivity (Wildman–Crippen MR) is 101 cm³/mol. The van der Waals surface area contributed by atoms with Gasteiger partial charge in [-0.3, -0.25) is 4.79 Å². The van der Waals surface area contributed by atoms with E-state index in [4.69, 9.17) is 5.26 Å². The Labute approximate surface area is 153 Å². The monoisotopic (exact) mass is 349 g/mol. The first-order valence-corrected chi connectivity index (χ1v) is 8.89. The summed E-state index contributed by atoms with van der Waals surface area (Å²) in [6.07, 6.45) is 3.78. The molecule has 0 unspecified atom stereocenters. The second-order valence-electron chi connectivity index (χ2n) is 7.01. The van der Waals surface area contributed by atoms with Gasteiger partial charge in [0, 0.05) is 12.2 Å². The minimum atomic E-state index is -0.450. The molecule has 26 heavy (non-hydrogen) atoms. The van der Waals surface area contributed by atoms with Gasteiger partial charge in [0.2, 0.25) is 5.91 Å². The van der Waals surface area contributed by atoms with E-state index in [-0.39, 0.29) is 11.6 Å². The lowest BCUT2D eigenvalue weighted by atomic mass is 9.84. The first kappa shape index (κ1) is 17.9. The SMILES string of the molecule is Cc1ccc(NC(=O)C2(CNc3ccc(C#N)nn3)CCCC2)cc1C. The Bertz CT molecular complexity index is 832. The van der Waals surface area contributed by atoms with Gasteiger partial charge in [0.1, 0.15) is 11.9 Å². The van der Waals surface area contributed by atoms with E-state index in [2.05, 4.69) is 27.8 Å². The van der Waals surface area contributed by atoms with Crippen LogP contribution in [0.25, 0.3) is 0 Å². The number of nitriles is 1. The summed E-state index contributed by atoms with van der Waals surface area (Å²) >= 11 is 0. The van der Waals surface area contributed by atoms with Gasteiger partial charge in [-0.1, -0.05) is 18.9 Å². The average molecular weight is 349 g/mol. The van der Waals surface area contributed by atoms with Crippen molar-refractivity contribution in [1.29, 1.82) is 5.26 Å². The van der Waals surface area contributed by atoms with Crippen LogP contribution in [-0.2, 0) is 4.79 Å². The zero-order valence-electron chi connectivity index (χ0n) is 15.2. The summed E-state index contributed by atoms with van der Waals surface area (Å²) in [6.45, 7) is 4.60. The van der Waals surface area contributed by atoms with E-state index in [0.717, 1.165) is 36.9 Å². The molecule has 6 nitrogen and oxygen atoms in total. The highest BCUT2D eigenvalue weighted by Crippen LogP contribution is 2.39. The zero-order valence-corrected chi connectivity index (χ0v) is 15.2. The van der Waals surface area contributed by atoms with Gasteiger partial charge < -0.3 is 10.6 Å². The highest BCUT2D eigenvalue weighted by Gasteiger charge is 2.41. The largest absolute Gasteiger partial charge is 0.368 e. The maximum atomic E-state index is 13.0. The van der Waals surface area contributed by atoms with Crippen LogP contribution in [0, 0.1) is 30.6 Å². The molecule has 1 aromatic heterocycles. The van der Waals surface area contributed by atoms with Gasteiger partial charge in [-0.2, -0.15) is 5.26 Å². The van der Waals surface area contributed by atoms with Gasteiger partial charge in [-0.05, 0) is 62.1 Å². The molecule has 2 N–H and O–H groups in total. The van der Waals surface area contributed by atoms with Crippen molar-refractivity contribution in [2.75, 3.05) is 17.2 Å². The van der Waals surface area contributed by atoms with Gasteiger partial charge >= 0.3 is 0 Å². The molecule has 2 aromatic rings. The van der Waals surface area contributed by atoms with Crippen molar-refractivity contribution in [3.63, 3.8) is 0 Å². The number of rotatable bonds is 5. The van der Waals surface area contributed by atoms with Gasteiger partial charge in [0.15, 0.2) is 5.69 Å². The lowest BCUT2D eigenvalue weighted by molar-refractivity contribution is -0.124. The summed E-state index contributed by atoms with van der Waals surface area (Å²) in [7, 11) is 0. The molecular weight excluding hydrogens is 326 g/mol. The summed E-state index contributed by atoms with van der Waals surface area (Å²) in [5.74, 6) is 0.626. The van der Waals surface area contributed by atoms with Crippen molar-refractivity contribution in [2.45, 2.75) is 39.5 Å². The average Bonchev–Trinajstić information content (AvgIpc) is 3.14. The van der Waals surface area contributed by atoms with Crippen molar-refractivity contribution >= 4 is 17.4 Å². The second kappa shape index (κ2) is 7.52. The van der Waals surface area contributed by atoms with Crippen LogP contribution in [0.15, 0.2) is 30.3 Å². The van der Waals surface area contributed by atoms with Crippen molar-refractivity contribution in [3.05, 3.63) is 47.2 Å². The number of benzene rings is 1. The van der Waals surface area contributed by atoms with Crippen molar-refractivity contribution in [1.82, 2.24) is 10.2 Å². The van der Waals surface area contributed by atoms with E-state index >= 15 is 0 Å². The number of carbonyl (C=O) groups excluding carboxylic acids is 1. The number of hydrogen-bond donors (Lipinski definition) is 2. The molecule has 1 amide bonds. The fourth-order valence-electron chi connectivity index (χ4n) is 3.36. The third kappa shape index (κ3) is 3.83. The number of carbonyl (C=O) groups is 1. The number of anilines is 2. The fraction of sp³-hybridized carbons (Fsp3) is 0.400. The minimum Gasteiger partial charge on any atom is -0.368 e. The van der Waals surface area contributed by atoms with E-state index in [1.807, 2.05) is 31.2 Å². The summed E-state index contributed by atoms with van der Waals surface area (Å²) < 4.78 is 0. The molecule has 1 aromatic carbocycles. The molecule has 134 valence electrons. The molecule has 1 aliphatic carbocycles. The van der Waals surface area contributed by atoms with Crippen LogP contribution in [0.1, 0.15) is 42.5 Å². The first-order valence-electron chi connectivity index (χ1n) is 8.89. The maximum absolute atomic E-state index is 13.0. The maximum Gasteiger partial charge on any atom is 0.232 e. The van der Waals surface area contributed by atoms with E-state index < -0.39 is 5.41 Å². The molecule has 1 aliphatic rings. The zero-order chi connectivity index (χ0) is 18.6. The topological polar surface area (TPSA) is 90.7 Å².